The van der Waals surface area contributed by atoms with E-state index in [9.17, 15) is 0 Å². The Kier molecular flexibility index (Phi) is 5.41. The van der Waals surface area contributed by atoms with Crippen molar-refractivity contribution in [3.63, 3.8) is 0 Å². The van der Waals surface area contributed by atoms with E-state index >= 15 is 0 Å². The van der Waals surface area contributed by atoms with Crippen LogP contribution in [0.3, 0.4) is 0 Å². The summed E-state index contributed by atoms with van der Waals surface area (Å²) in [5, 5.41) is 1.25. The Morgan fingerprint density at radius 3 is 2.50 bits per heavy atom. The van der Waals surface area contributed by atoms with Gasteiger partial charge in [-0.3, -0.25) is 0 Å². The maximum atomic E-state index is 6.10. The van der Waals surface area contributed by atoms with Crippen molar-refractivity contribution in [2.45, 2.75) is 12.5 Å². The quantitative estimate of drug-likeness (QED) is 0.690. The Balaban J connectivity index is 2.16. The van der Waals surface area contributed by atoms with Crippen molar-refractivity contribution in [2.75, 3.05) is 7.11 Å². The monoisotopic (exact) mass is 330 g/mol. The minimum Gasteiger partial charge on any atom is -0.497 e. The van der Waals surface area contributed by atoms with E-state index in [0.717, 1.165) is 16.9 Å². The molecule has 2 nitrogen and oxygen atoms in total. The van der Waals surface area contributed by atoms with Crippen LogP contribution in [0.15, 0.2) is 36.4 Å². The number of methoxy groups -OCH3 is 1. The predicted molar refractivity (Wildman–Crippen MR) is 83.3 cm³/mol. The first-order valence-electron chi connectivity index (χ1n) is 5.93. The minimum atomic E-state index is 0.329. The number of benzene rings is 2. The van der Waals surface area contributed by atoms with E-state index in [-0.39, 0.29) is 0 Å². The Hall–Kier alpha value is -1.09. The molecule has 0 radical (unpaired) electrons. The van der Waals surface area contributed by atoms with Crippen molar-refractivity contribution in [2.24, 2.45) is 0 Å². The van der Waals surface area contributed by atoms with Crippen LogP contribution in [0.2, 0.25) is 10.0 Å². The van der Waals surface area contributed by atoms with Gasteiger partial charge in [0.1, 0.15) is 18.1 Å². The summed E-state index contributed by atoms with van der Waals surface area (Å²) < 4.78 is 10.9. The van der Waals surface area contributed by atoms with Gasteiger partial charge in [0.2, 0.25) is 0 Å². The number of rotatable bonds is 5. The van der Waals surface area contributed by atoms with Crippen LogP contribution in [0.1, 0.15) is 11.1 Å². The van der Waals surface area contributed by atoms with Gasteiger partial charge in [0, 0.05) is 21.2 Å². The van der Waals surface area contributed by atoms with E-state index in [2.05, 4.69) is 0 Å². The largest absolute Gasteiger partial charge is 0.497 e. The second-order valence-electron chi connectivity index (χ2n) is 4.13. The lowest BCUT2D eigenvalue weighted by Gasteiger charge is -2.12. The van der Waals surface area contributed by atoms with E-state index in [0.29, 0.717) is 28.3 Å². The normalized spacial score (nSPS) is 10.4. The van der Waals surface area contributed by atoms with Gasteiger partial charge >= 0.3 is 0 Å². The Bertz CT molecular complexity index is 600. The van der Waals surface area contributed by atoms with Crippen molar-refractivity contribution in [1.29, 1.82) is 0 Å². The molecule has 0 aromatic heterocycles. The lowest BCUT2D eigenvalue weighted by molar-refractivity contribution is 0.303. The van der Waals surface area contributed by atoms with Crippen LogP contribution < -0.4 is 9.47 Å². The van der Waals surface area contributed by atoms with Crippen LogP contribution in [-0.4, -0.2) is 7.11 Å². The second-order valence-corrected chi connectivity index (χ2v) is 5.24. The summed E-state index contributed by atoms with van der Waals surface area (Å²) in [6, 6.07) is 10.8. The SMILES string of the molecule is COc1ccc(OCc2cc(Cl)ccc2Cl)c(CCl)c1. The molecule has 2 rings (SSSR count). The standard InChI is InChI=1S/C15H13Cl3O2/c1-19-13-3-5-15(10(7-13)8-16)20-9-11-6-12(17)2-4-14(11)18/h2-7H,8-9H2,1H3. The number of halogens is 3. The average Bonchev–Trinajstić information content (AvgIpc) is 2.48. The molecule has 20 heavy (non-hydrogen) atoms. The average molecular weight is 332 g/mol. The summed E-state index contributed by atoms with van der Waals surface area (Å²) in [4.78, 5) is 0. The molecule has 0 fully saturated rings. The molecule has 0 saturated carbocycles. The van der Waals surface area contributed by atoms with Crippen LogP contribution in [0.4, 0.5) is 0 Å². The van der Waals surface area contributed by atoms with Gasteiger partial charge in [-0.05, 0) is 36.4 Å². The zero-order valence-corrected chi connectivity index (χ0v) is 13.1. The van der Waals surface area contributed by atoms with Crippen LogP contribution >= 0.6 is 34.8 Å². The van der Waals surface area contributed by atoms with E-state index in [4.69, 9.17) is 44.3 Å². The van der Waals surface area contributed by atoms with E-state index < -0.39 is 0 Å². The minimum absolute atomic E-state index is 0.329. The van der Waals surface area contributed by atoms with E-state index in [1.165, 1.54) is 0 Å². The molecular weight excluding hydrogens is 319 g/mol. The van der Waals surface area contributed by atoms with Crippen LogP contribution in [0.25, 0.3) is 0 Å². The van der Waals surface area contributed by atoms with Crippen molar-refractivity contribution in [3.8, 4) is 11.5 Å². The summed E-state index contributed by atoms with van der Waals surface area (Å²) in [6.45, 7) is 0.329. The first kappa shape index (κ1) is 15.3. The van der Waals surface area contributed by atoms with Gasteiger partial charge in [0.05, 0.1) is 13.0 Å². The highest BCUT2D eigenvalue weighted by Gasteiger charge is 2.07. The maximum absolute atomic E-state index is 6.10. The van der Waals surface area contributed by atoms with Crippen LogP contribution in [0, 0.1) is 0 Å². The summed E-state index contributed by atoms with van der Waals surface area (Å²) >= 11 is 18.0. The van der Waals surface area contributed by atoms with Crippen molar-refractivity contribution in [1.82, 2.24) is 0 Å². The number of hydrogen-bond donors (Lipinski definition) is 0. The topological polar surface area (TPSA) is 18.5 Å². The molecule has 0 saturated heterocycles. The zero-order chi connectivity index (χ0) is 14.5. The Morgan fingerprint density at radius 1 is 1.00 bits per heavy atom. The Morgan fingerprint density at radius 2 is 1.80 bits per heavy atom. The highest BCUT2D eigenvalue weighted by Crippen LogP contribution is 2.28. The van der Waals surface area contributed by atoms with E-state index in [1.807, 2.05) is 18.2 Å². The van der Waals surface area contributed by atoms with E-state index in [1.54, 1.807) is 25.3 Å². The molecule has 0 aliphatic rings. The molecule has 0 N–H and O–H groups in total. The maximum Gasteiger partial charge on any atom is 0.124 e. The fourth-order valence-corrected chi connectivity index (χ4v) is 2.31. The van der Waals surface area contributed by atoms with Gasteiger partial charge in [-0.2, -0.15) is 0 Å². The molecule has 0 spiro atoms. The molecule has 106 valence electrons. The van der Waals surface area contributed by atoms with Crippen molar-refractivity contribution in [3.05, 3.63) is 57.6 Å². The van der Waals surface area contributed by atoms with Gasteiger partial charge in [-0.25, -0.2) is 0 Å². The number of hydrogen-bond acceptors (Lipinski definition) is 2. The third-order valence-electron chi connectivity index (χ3n) is 2.80. The van der Waals surface area contributed by atoms with Crippen LogP contribution in [0.5, 0.6) is 11.5 Å². The second kappa shape index (κ2) is 7.07. The van der Waals surface area contributed by atoms with Crippen LogP contribution in [-0.2, 0) is 12.5 Å². The third kappa shape index (κ3) is 3.72. The van der Waals surface area contributed by atoms with Gasteiger partial charge in [-0.15, -0.1) is 11.6 Å². The Labute approximate surface area is 133 Å². The first-order valence-corrected chi connectivity index (χ1v) is 7.22. The van der Waals surface area contributed by atoms with Gasteiger partial charge in [0.15, 0.2) is 0 Å². The molecule has 0 amide bonds. The lowest BCUT2D eigenvalue weighted by atomic mass is 10.2. The van der Waals surface area contributed by atoms with Crippen molar-refractivity contribution >= 4 is 34.8 Å². The molecule has 0 atom stereocenters. The highest BCUT2D eigenvalue weighted by molar-refractivity contribution is 6.33. The fraction of sp³-hybridized carbons (Fsp3) is 0.200. The molecule has 0 bridgehead atoms. The zero-order valence-electron chi connectivity index (χ0n) is 10.8. The third-order valence-corrected chi connectivity index (χ3v) is 3.69. The molecule has 2 aromatic rings. The molecule has 0 unspecified atom stereocenters. The van der Waals surface area contributed by atoms with Gasteiger partial charge in [-0.1, -0.05) is 23.2 Å². The molecular formula is C15H13Cl3O2. The molecule has 0 heterocycles. The first-order chi connectivity index (χ1) is 9.63. The number of ether oxygens (including phenoxy) is 2. The summed E-state index contributed by atoms with van der Waals surface area (Å²) in [5.41, 5.74) is 1.69. The highest BCUT2D eigenvalue weighted by atomic mass is 35.5. The smallest absolute Gasteiger partial charge is 0.124 e. The fourth-order valence-electron chi connectivity index (χ4n) is 1.74. The van der Waals surface area contributed by atoms with Gasteiger partial charge < -0.3 is 9.47 Å². The summed E-state index contributed by atoms with van der Waals surface area (Å²) in [5.74, 6) is 1.79. The number of alkyl halides is 1. The van der Waals surface area contributed by atoms with Crippen molar-refractivity contribution < 1.29 is 9.47 Å². The molecule has 5 heteroatoms. The molecule has 2 aromatic carbocycles. The molecule has 0 aliphatic carbocycles. The lowest BCUT2D eigenvalue weighted by Crippen LogP contribution is -1.99. The summed E-state index contributed by atoms with van der Waals surface area (Å²) in [7, 11) is 1.61. The van der Waals surface area contributed by atoms with Gasteiger partial charge in [0.25, 0.3) is 0 Å². The molecule has 0 aliphatic heterocycles. The summed E-state index contributed by atoms with van der Waals surface area (Å²) in [6.07, 6.45) is 0. The predicted octanol–water partition coefficient (Wildman–Crippen LogP) is 5.32.